The third kappa shape index (κ3) is 4.44. The summed E-state index contributed by atoms with van der Waals surface area (Å²) in [5.74, 6) is 0.467. The van der Waals surface area contributed by atoms with Crippen LogP contribution in [0, 0.1) is 0 Å². The molecule has 4 heterocycles. The number of hydrogen-bond donors (Lipinski definition) is 2. The molecule has 2 atom stereocenters. The average molecular weight is 422 g/mol. The standard InChI is InChI=1S/C23H27N5O3/c1-4-16-9-19-20(27-22(16)29)8-15(10-25-19)12-28-13-21(14(28)3)31-17-6-7-18(26-11-17)23(30)24-5-2/h6-11,14,21H,4-5,12-13H2,1-3H3,(H,24,30)(H,27,29)/t14-,21+/m1/s1. The number of nitrogens with one attached hydrogen (secondary N) is 2. The van der Waals surface area contributed by atoms with E-state index in [0.717, 1.165) is 35.2 Å². The first-order valence-electron chi connectivity index (χ1n) is 10.6. The van der Waals surface area contributed by atoms with Crippen molar-refractivity contribution in [2.24, 2.45) is 0 Å². The fraction of sp³-hybridized carbons (Fsp3) is 0.391. The third-order valence-corrected chi connectivity index (χ3v) is 5.71. The maximum Gasteiger partial charge on any atom is 0.269 e. The van der Waals surface area contributed by atoms with E-state index in [1.165, 1.54) is 0 Å². The first kappa shape index (κ1) is 21.0. The molecule has 0 radical (unpaired) electrons. The van der Waals surface area contributed by atoms with Gasteiger partial charge in [-0.3, -0.25) is 19.5 Å². The fourth-order valence-corrected chi connectivity index (χ4v) is 3.75. The van der Waals surface area contributed by atoms with Crippen LogP contribution >= 0.6 is 0 Å². The molecule has 8 nitrogen and oxygen atoms in total. The number of pyridine rings is 3. The number of carbonyl (C=O) groups excluding carboxylic acids is 1. The molecular weight excluding hydrogens is 394 g/mol. The Kier molecular flexibility index (Phi) is 5.99. The molecule has 1 aliphatic heterocycles. The number of likely N-dealkylation sites (tertiary alicyclic amines) is 1. The van der Waals surface area contributed by atoms with Crippen molar-refractivity contribution in [3.05, 3.63) is 63.8 Å². The Morgan fingerprint density at radius 2 is 2.10 bits per heavy atom. The SMILES string of the molecule is CCNC(=O)c1ccc(O[C@H]2CN(Cc3cnc4cc(CC)c(=O)[nH]c4c3)[C@@H]2C)cn1. The van der Waals surface area contributed by atoms with E-state index in [9.17, 15) is 9.59 Å². The molecule has 1 aliphatic rings. The van der Waals surface area contributed by atoms with Crippen LogP contribution in [0.4, 0.5) is 0 Å². The first-order chi connectivity index (χ1) is 15.0. The molecular formula is C23H27N5O3. The summed E-state index contributed by atoms with van der Waals surface area (Å²) < 4.78 is 6.04. The van der Waals surface area contributed by atoms with E-state index >= 15 is 0 Å². The molecule has 0 saturated carbocycles. The number of fused-ring (bicyclic) bond motifs is 1. The van der Waals surface area contributed by atoms with Crippen LogP contribution in [0.5, 0.6) is 5.75 Å². The Labute approximate surface area is 180 Å². The summed E-state index contributed by atoms with van der Waals surface area (Å²) in [7, 11) is 0. The second kappa shape index (κ2) is 8.85. The van der Waals surface area contributed by atoms with Crippen LogP contribution in [-0.2, 0) is 13.0 Å². The number of aromatic amines is 1. The highest BCUT2D eigenvalue weighted by atomic mass is 16.5. The van der Waals surface area contributed by atoms with E-state index in [0.29, 0.717) is 24.4 Å². The molecule has 0 bridgehead atoms. The van der Waals surface area contributed by atoms with Crippen molar-refractivity contribution in [3.8, 4) is 5.75 Å². The quantitative estimate of drug-likeness (QED) is 0.607. The van der Waals surface area contributed by atoms with Crippen LogP contribution in [0.3, 0.4) is 0 Å². The van der Waals surface area contributed by atoms with Gasteiger partial charge in [-0.25, -0.2) is 4.98 Å². The van der Waals surface area contributed by atoms with E-state index in [-0.39, 0.29) is 23.6 Å². The predicted molar refractivity (Wildman–Crippen MR) is 118 cm³/mol. The van der Waals surface area contributed by atoms with Gasteiger partial charge in [-0.2, -0.15) is 0 Å². The van der Waals surface area contributed by atoms with Crippen LogP contribution in [0.25, 0.3) is 11.0 Å². The Hall–Kier alpha value is -3.26. The van der Waals surface area contributed by atoms with Crippen LogP contribution in [0.15, 0.2) is 41.5 Å². The zero-order valence-corrected chi connectivity index (χ0v) is 18.0. The van der Waals surface area contributed by atoms with Gasteiger partial charge in [0, 0.05) is 37.4 Å². The minimum Gasteiger partial charge on any atom is -0.486 e. The molecule has 1 fully saturated rings. The summed E-state index contributed by atoms with van der Waals surface area (Å²) in [5.41, 5.74) is 3.70. The molecule has 3 aromatic heterocycles. The van der Waals surface area contributed by atoms with Gasteiger partial charge in [0.25, 0.3) is 11.5 Å². The van der Waals surface area contributed by atoms with Crippen LogP contribution < -0.4 is 15.6 Å². The fourth-order valence-electron chi connectivity index (χ4n) is 3.75. The maximum absolute atomic E-state index is 12.1. The molecule has 0 unspecified atom stereocenters. The van der Waals surface area contributed by atoms with E-state index in [1.807, 2.05) is 32.2 Å². The number of aromatic nitrogens is 3. The van der Waals surface area contributed by atoms with Crippen molar-refractivity contribution in [1.82, 2.24) is 25.2 Å². The van der Waals surface area contributed by atoms with Gasteiger partial charge in [-0.15, -0.1) is 0 Å². The summed E-state index contributed by atoms with van der Waals surface area (Å²) in [6.45, 7) is 8.03. The number of rotatable bonds is 7. The van der Waals surface area contributed by atoms with Gasteiger partial charge in [0.05, 0.1) is 17.2 Å². The molecule has 0 aliphatic carbocycles. The second-order valence-corrected chi connectivity index (χ2v) is 7.82. The zero-order chi connectivity index (χ0) is 22.0. The molecule has 0 spiro atoms. The van der Waals surface area contributed by atoms with Crippen LogP contribution in [-0.4, -0.2) is 51.0 Å². The van der Waals surface area contributed by atoms with E-state index in [2.05, 4.69) is 32.1 Å². The molecule has 2 N–H and O–H groups in total. The zero-order valence-electron chi connectivity index (χ0n) is 18.0. The minimum absolute atomic E-state index is 0.0495. The van der Waals surface area contributed by atoms with Crippen molar-refractivity contribution in [2.45, 2.75) is 45.9 Å². The molecule has 4 rings (SSSR count). The lowest BCUT2D eigenvalue weighted by Crippen LogP contribution is -2.60. The Bertz CT molecular complexity index is 1140. The summed E-state index contributed by atoms with van der Waals surface area (Å²) in [4.78, 5) is 37.8. The van der Waals surface area contributed by atoms with E-state index < -0.39 is 0 Å². The third-order valence-electron chi connectivity index (χ3n) is 5.71. The molecule has 1 saturated heterocycles. The van der Waals surface area contributed by atoms with Crippen molar-refractivity contribution < 1.29 is 9.53 Å². The number of nitrogens with zero attached hydrogens (tertiary/aromatic N) is 3. The highest BCUT2D eigenvalue weighted by molar-refractivity contribution is 5.92. The van der Waals surface area contributed by atoms with Crippen LogP contribution in [0.1, 0.15) is 42.4 Å². The van der Waals surface area contributed by atoms with Gasteiger partial charge in [-0.05, 0) is 50.1 Å². The Morgan fingerprint density at radius 1 is 1.26 bits per heavy atom. The van der Waals surface area contributed by atoms with Crippen molar-refractivity contribution in [1.29, 1.82) is 0 Å². The van der Waals surface area contributed by atoms with Gasteiger partial charge in [0.1, 0.15) is 17.5 Å². The summed E-state index contributed by atoms with van der Waals surface area (Å²) in [6, 6.07) is 7.53. The number of hydrogen-bond acceptors (Lipinski definition) is 6. The van der Waals surface area contributed by atoms with E-state index in [4.69, 9.17) is 4.74 Å². The number of amides is 1. The Morgan fingerprint density at radius 3 is 2.77 bits per heavy atom. The van der Waals surface area contributed by atoms with Crippen molar-refractivity contribution in [3.63, 3.8) is 0 Å². The number of H-pyrrole nitrogens is 1. The normalized spacial score (nSPS) is 18.5. The maximum atomic E-state index is 12.1. The average Bonchev–Trinajstić information content (AvgIpc) is 2.78. The summed E-state index contributed by atoms with van der Waals surface area (Å²) >= 11 is 0. The van der Waals surface area contributed by atoms with Gasteiger partial charge < -0.3 is 15.0 Å². The lowest BCUT2D eigenvalue weighted by molar-refractivity contribution is -0.0415. The molecule has 0 aromatic carbocycles. The Balaban J connectivity index is 1.36. The smallest absolute Gasteiger partial charge is 0.269 e. The molecule has 162 valence electrons. The lowest BCUT2D eigenvalue weighted by atomic mass is 10.00. The van der Waals surface area contributed by atoms with Gasteiger partial charge in [-0.1, -0.05) is 6.92 Å². The van der Waals surface area contributed by atoms with Crippen molar-refractivity contribution >= 4 is 16.9 Å². The molecule has 3 aromatic rings. The van der Waals surface area contributed by atoms with E-state index in [1.54, 1.807) is 18.3 Å². The highest BCUT2D eigenvalue weighted by Gasteiger charge is 2.37. The number of ether oxygens (including phenoxy) is 1. The monoisotopic (exact) mass is 421 g/mol. The topological polar surface area (TPSA) is 100 Å². The molecule has 1 amide bonds. The van der Waals surface area contributed by atoms with Gasteiger partial charge in [0.2, 0.25) is 0 Å². The predicted octanol–water partition coefficient (Wildman–Crippen LogP) is 2.28. The first-order valence-corrected chi connectivity index (χ1v) is 10.6. The molecule has 31 heavy (non-hydrogen) atoms. The minimum atomic E-state index is -0.187. The molecule has 8 heteroatoms. The van der Waals surface area contributed by atoms with Gasteiger partial charge in [0.15, 0.2) is 0 Å². The van der Waals surface area contributed by atoms with Crippen LogP contribution in [0.2, 0.25) is 0 Å². The number of carbonyl (C=O) groups is 1. The highest BCUT2D eigenvalue weighted by Crippen LogP contribution is 2.26. The van der Waals surface area contributed by atoms with Crippen molar-refractivity contribution in [2.75, 3.05) is 13.1 Å². The summed E-state index contributed by atoms with van der Waals surface area (Å²) in [6.07, 6.45) is 4.20. The van der Waals surface area contributed by atoms with Gasteiger partial charge >= 0.3 is 0 Å². The second-order valence-electron chi connectivity index (χ2n) is 7.82. The number of aryl methyl sites for hydroxylation is 1. The lowest BCUT2D eigenvalue weighted by Gasteiger charge is -2.45. The summed E-state index contributed by atoms with van der Waals surface area (Å²) in [5, 5.41) is 2.73. The largest absolute Gasteiger partial charge is 0.486 e.